The van der Waals surface area contributed by atoms with Crippen LogP contribution in [0.4, 0.5) is 4.79 Å². The summed E-state index contributed by atoms with van der Waals surface area (Å²) in [6.45, 7) is 2.34. The first-order valence-electron chi connectivity index (χ1n) is 9.35. The van der Waals surface area contributed by atoms with E-state index in [4.69, 9.17) is 16.3 Å². The molecular formula is C23H18ClNO4S. The minimum atomic E-state index is -0.361. The van der Waals surface area contributed by atoms with Crippen molar-refractivity contribution in [2.75, 3.05) is 6.61 Å². The molecule has 1 aliphatic heterocycles. The van der Waals surface area contributed by atoms with Gasteiger partial charge in [0.25, 0.3) is 11.1 Å². The molecule has 0 saturated carbocycles. The number of hydrogen-bond acceptors (Lipinski definition) is 5. The van der Waals surface area contributed by atoms with Gasteiger partial charge in [0.2, 0.25) is 0 Å². The number of hydrogen-bond donors (Lipinski definition) is 1. The highest BCUT2D eigenvalue weighted by atomic mass is 35.5. The van der Waals surface area contributed by atoms with Crippen molar-refractivity contribution in [3.63, 3.8) is 0 Å². The van der Waals surface area contributed by atoms with Crippen molar-refractivity contribution in [2.24, 2.45) is 0 Å². The number of carbonyl (C=O) groups excluding carboxylic acids is 2. The maximum absolute atomic E-state index is 12.9. The van der Waals surface area contributed by atoms with Crippen LogP contribution in [0.1, 0.15) is 18.1 Å². The van der Waals surface area contributed by atoms with Gasteiger partial charge in [0.15, 0.2) is 11.5 Å². The first-order valence-corrected chi connectivity index (χ1v) is 10.5. The third-order valence-corrected chi connectivity index (χ3v) is 5.93. The van der Waals surface area contributed by atoms with E-state index >= 15 is 0 Å². The van der Waals surface area contributed by atoms with Gasteiger partial charge >= 0.3 is 0 Å². The quantitative estimate of drug-likeness (QED) is 0.506. The van der Waals surface area contributed by atoms with Crippen molar-refractivity contribution in [3.8, 4) is 11.5 Å². The largest absolute Gasteiger partial charge is 0.503 e. The molecule has 1 saturated heterocycles. The molecule has 3 aromatic carbocycles. The molecule has 152 valence electrons. The highest BCUT2D eigenvalue weighted by molar-refractivity contribution is 8.18. The molecule has 0 bridgehead atoms. The summed E-state index contributed by atoms with van der Waals surface area (Å²) in [7, 11) is 0. The molecule has 0 spiro atoms. The Morgan fingerprint density at radius 2 is 1.90 bits per heavy atom. The molecule has 1 fully saturated rings. The highest BCUT2D eigenvalue weighted by Crippen LogP contribution is 2.38. The zero-order valence-corrected chi connectivity index (χ0v) is 17.7. The summed E-state index contributed by atoms with van der Waals surface area (Å²) >= 11 is 6.95. The first kappa shape index (κ1) is 20.3. The van der Waals surface area contributed by atoms with E-state index in [1.807, 2.05) is 42.5 Å². The lowest BCUT2D eigenvalue weighted by molar-refractivity contribution is -0.123. The molecule has 0 aromatic heterocycles. The number of aromatic hydroxyl groups is 1. The first-order chi connectivity index (χ1) is 14.5. The Hall–Kier alpha value is -2.96. The second-order valence-corrected chi connectivity index (χ2v) is 8.09. The van der Waals surface area contributed by atoms with E-state index in [1.165, 1.54) is 11.0 Å². The minimum absolute atomic E-state index is 0.113. The number of ether oxygens (including phenoxy) is 1. The smallest absolute Gasteiger partial charge is 0.293 e. The zero-order chi connectivity index (χ0) is 21.3. The number of benzene rings is 3. The third kappa shape index (κ3) is 3.88. The van der Waals surface area contributed by atoms with Crippen LogP contribution in [0.3, 0.4) is 0 Å². The van der Waals surface area contributed by atoms with E-state index in [1.54, 1.807) is 19.1 Å². The Balaban J connectivity index is 1.63. The number of fused-ring (bicyclic) bond motifs is 1. The molecule has 30 heavy (non-hydrogen) atoms. The van der Waals surface area contributed by atoms with Crippen LogP contribution in [-0.4, -0.2) is 27.8 Å². The fourth-order valence-electron chi connectivity index (χ4n) is 3.33. The topological polar surface area (TPSA) is 66.8 Å². The van der Waals surface area contributed by atoms with E-state index in [0.29, 0.717) is 17.1 Å². The van der Waals surface area contributed by atoms with Crippen LogP contribution in [-0.2, 0) is 11.3 Å². The molecule has 7 heteroatoms. The summed E-state index contributed by atoms with van der Waals surface area (Å²) in [4.78, 5) is 27.0. The molecule has 1 aliphatic rings. The van der Waals surface area contributed by atoms with Crippen LogP contribution in [0, 0.1) is 0 Å². The molecule has 0 unspecified atom stereocenters. The molecule has 2 amide bonds. The molecule has 4 rings (SSSR count). The van der Waals surface area contributed by atoms with Gasteiger partial charge in [0, 0.05) is 0 Å². The Labute approximate surface area is 182 Å². The minimum Gasteiger partial charge on any atom is -0.503 e. The Morgan fingerprint density at radius 3 is 2.70 bits per heavy atom. The number of thioether (sulfide) groups is 1. The summed E-state index contributed by atoms with van der Waals surface area (Å²) in [6, 6.07) is 16.8. The van der Waals surface area contributed by atoms with Crippen molar-refractivity contribution in [1.29, 1.82) is 0 Å². The maximum Gasteiger partial charge on any atom is 0.293 e. The van der Waals surface area contributed by atoms with E-state index in [-0.39, 0.29) is 34.2 Å². The van der Waals surface area contributed by atoms with Gasteiger partial charge in [-0.3, -0.25) is 14.5 Å². The van der Waals surface area contributed by atoms with Crippen LogP contribution < -0.4 is 4.74 Å². The molecule has 1 N–H and O–H groups in total. The Morgan fingerprint density at radius 1 is 1.13 bits per heavy atom. The zero-order valence-electron chi connectivity index (χ0n) is 16.1. The summed E-state index contributed by atoms with van der Waals surface area (Å²) in [5.41, 5.74) is 1.47. The molecular weight excluding hydrogens is 422 g/mol. The fraction of sp³-hybridized carbons (Fsp3) is 0.130. The standard InChI is InChI=1S/C23H18ClNO4S/c1-2-29-19-11-14(10-18(24)21(19)26)12-20-22(27)25(23(28)30-20)13-16-8-5-7-15-6-3-4-9-17(15)16/h3-12,26H,2,13H2,1H3/b20-12-. The van der Waals surface area contributed by atoms with Crippen LogP contribution in [0.25, 0.3) is 16.8 Å². The van der Waals surface area contributed by atoms with E-state index in [0.717, 1.165) is 28.1 Å². The van der Waals surface area contributed by atoms with E-state index < -0.39 is 0 Å². The lowest BCUT2D eigenvalue weighted by atomic mass is 10.0. The lowest BCUT2D eigenvalue weighted by Gasteiger charge is -2.14. The highest BCUT2D eigenvalue weighted by Gasteiger charge is 2.35. The van der Waals surface area contributed by atoms with Gasteiger partial charge in [0.1, 0.15) is 0 Å². The number of phenolic OH excluding ortho intramolecular Hbond substituents is 1. The number of rotatable bonds is 5. The van der Waals surface area contributed by atoms with Crippen molar-refractivity contribution < 1.29 is 19.4 Å². The molecule has 3 aromatic rings. The van der Waals surface area contributed by atoms with Gasteiger partial charge in [-0.25, -0.2) is 0 Å². The summed E-state index contributed by atoms with van der Waals surface area (Å²) < 4.78 is 5.38. The monoisotopic (exact) mass is 439 g/mol. The van der Waals surface area contributed by atoms with Crippen LogP contribution in [0.5, 0.6) is 11.5 Å². The van der Waals surface area contributed by atoms with E-state index in [2.05, 4.69) is 0 Å². The maximum atomic E-state index is 12.9. The second-order valence-electron chi connectivity index (χ2n) is 6.69. The van der Waals surface area contributed by atoms with Crippen molar-refractivity contribution in [1.82, 2.24) is 4.90 Å². The van der Waals surface area contributed by atoms with Gasteiger partial charge in [-0.05, 0) is 58.8 Å². The van der Waals surface area contributed by atoms with Gasteiger partial charge < -0.3 is 9.84 Å². The Kier molecular flexibility index (Phi) is 5.70. The molecule has 1 heterocycles. The average Bonchev–Trinajstić information content (AvgIpc) is 2.99. The lowest BCUT2D eigenvalue weighted by Crippen LogP contribution is -2.27. The summed E-state index contributed by atoms with van der Waals surface area (Å²) in [6.07, 6.45) is 1.59. The van der Waals surface area contributed by atoms with Crippen LogP contribution in [0.2, 0.25) is 5.02 Å². The van der Waals surface area contributed by atoms with Gasteiger partial charge in [-0.15, -0.1) is 0 Å². The number of amides is 2. The second kappa shape index (κ2) is 8.42. The van der Waals surface area contributed by atoms with Crippen molar-refractivity contribution in [2.45, 2.75) is 13.5 Å². The van der Waals surface area contributed by atoms with Gasteiger partial charge in [0.05, 0.1) is 23.1 Å². The number of nitrogens with zero attached hydrogens (tertiary/aromatic N) is 1. The summed E-state index contributed by atoms with van der Waals surface area (Å²) in [5.74, 6) is -0.286. The van der Waals surface area contributed by atoms with Gasteiger partial charge in [-0.2, -0.15) is 0 Å². The molecule has 0 aliphatic carbocycles. The number of halogens is 1. The van der Waals surface area contributed by atoms with Crippen LogP contribution >= 0.6 is 23.4 Å². The third-order valence-electron chi connectivity index (χ3n) is 4.73. The fourth-order valence-corrected chi connectivity index (χ4v) is 4.39. The van der Waals surface area contributed by atoms with Crippen molar-refractivity contribution in [3.05, 3.63) is 75.7 Å². The predicted octanol–water partition coefficient (Wildman–Crippen LogP) is 5.83. The number of carbonyl (C=O) groups is 2. The van der Waals surface area contributed by atoms with Crippen molar-refractivity contribution >= 4 is 51.4 Å². The summed E-state index contributed by atoms with van der Waals surface area (Å²) in [5, 5.41) is 11.8. The van der Waals surface area contributed by atoms with Crippen LogP contribution in [0.15, 0.2) is 59.5 Å². The SMILES string of the molecule is CCOc1cc(/C=C2\SC(=O)N(Cc3cccc4ccccc34)C2=O)cc(Cl)c1O. The molecule has 0 radical (unpaired) electrons. The van der Waals surface area contributed by atoms with Gasteiger partial charge in [-0.1, -0.05) is 54.1 Å². The average molecular weight is 440 g/mol. The molecule has 5 nitrogen and oxygen atoms in total. The molecule has 0 atom stereocenters. The Bertz CT molecular complexity index is 1190. The number of phenols is 1. The predicted molar refractivity (Wildman–Crippen MR) is 120 cm³/mol. The van der Waals surface area contributed by atoms with E-state index in [9.17, 15) is 14.7 Å². The number of imide groups is 1. The normalized spacial score (nSPS) is 15.4.